The molecule has 0 saturated carbocycles. The molecule has 2 aromatic heterocycles. The van der Waals surface area contributed by atoms with Gasteiger partial charge in [0, 0.05) is 43.8 Å². The molecule has 2 aliphatic heterocycles. The van der Waals surface area contributed by atoms with Crippen LogP contribution < -0.4 is 15.8 Å². The first-order valence-corrected chi connectivity index (χ1v) is 18.6. The summed E-state index contributed by atoms with van der Waals surface area (Å²) in [6.45, 7) is 14.0. The molecule has 2 aliphatic rings. The van der Waals surface area contributed by atoms with Crippen molar-refractivity contribution in [1.29, 1.82) is 0 Å². The molecule has 0 aliphatic carbocycles. The number of aromatic nitrogens is 1. The first kappa shape index (κ1) is 29.9. The van der Waals surface area contributed by atoms with E-state index in [0.29, 0.717) is 0 Å². The Labute approximate surface area is 304 Å². The minimum Gasteiger partial charge on any atom is -0.456 e. The molecule has 0 bridgehead atoms. The van der Waals surface area contributed by atoms with Crippen LogP contribution in [0.4, 0.5) is 17.1 Å². The first-order chi connectivity index (χ1) is 25.1. The van der Waals surface area contributed by atoms with Gasteiger partial charge in [-0.05, 0) is 74.2 Å². The highest BCUT2D eigenvalue weighted by Gasteiger charge is 2.45. The maximum atomic E-state index is 6.85. The summed E-state index contributed by atoms with van der Waals surface area (Å²) in [7, 11) is 0. The van der Waals surface area contributed by atoms with E-state index in [2.05, 4.69) is 178 Å². The minimum absolute atomic E-state index is 0.0379. The van der Waals surface area contributed by atoms with Crippen molar-refractivity contribution in [2.75, 3.05) is 4.90 Å². The van der Waals surface area contributed by atoms with Crippen molar-refractivity contribution in [3.63, 3.8) is 0 Å². The molecule has 4 heterocycles. The Balaban J connectivity index is 1.40. The van der Waals surface area contributed by atoms with E-state index in [0.717, 1.165) is 16.6 Å². The lowest BCUT2D eigenvalue weighted by molar-refractivity contribution is 0.569. The minimum atomic E-state index is -0.0434. The van der Waals surface area contributed by atoms with E-state index in [9.17, 15) is 0 Å². The fourth-order valence-electron chi connectivity index (χ4n) is 9.29. The molecule has 9 aromatic rings. The number of hydrogen-bond acceptors (Lipinski definition) is 2. The maximum Gasteiger partial charge on any atom is 0.333 e. The van der Waals surface area contributed by atoms with Crippen LogP contribution in [0.3, 0.4) is 0 Å². The predicted octanol–water partition coefficient (Wildman–Crippen LogP) is 11.9. The van der Waals surface area contributed by atoms with Crippen LogP contribution in [0.2, 0.25) is 0 Å². The lowest BCUT2D eigenvalue weighted by Gasteiger charge is -2.42. The van der Waals surface area contributed by atoms with Gasteiger partial charge < -0.3 is 13.8 Å². The summed E-state index contributed by atoms with van der Waals surface area (Å²) >= 11 is 0. The van der Waals surface area contributed by atoms with Crippen molar-refractivity contribution in [2.24, 2.45) is 0 Å². The fraction of sp³-hybridized carbons (Fsp3) is 0.167. The molecule has 0 unspecified atom stereocenters. The van der Waals surface area contributed by atoms with Gasteiger partial charge in [-0.1, -0.05) is 139 Å². The second kappa shape index (κ2) is 9.98. The molecule has 4 heteroatoms. The Hall–Kier alpha value is -5.74. The van der Waals surface area contributed by atoms with Crippen molar-refractivity contribution in [2.45, 2.75) is 52.4 Å². The molecule has 0 saturated heterocycles. The van der Waals surface area contributed by atoms with Gasteiger partial charge in [0.15, 0.2) is 0 Å². The normalized spacial score (nSPS) is 13.9. The Morgan fingerprint density at radius 2 is 1.21 bits per heavy atom. The number of nitrogens with zero attached hydrogens (tertiary/aromatic N) is 2. The zero-order valence-corrected chi connectivity index (χ0v) is 30.5. The van der Waals surface area contributed by atoms with E-state index in [1.165, 1.54) is 88.2 Å². The van der Waals surface area contributed by atoms with Crippen molar-refractivity contribution >= 4 is 89.4 Å². The van der Waals surface area contributed by atoms with Crippen molar-refractivity contribution in [1.82, 2.24) is 4.48 Å². The van der Waals surface area contributed by atoms with Crippen LogP contribution in [0.1, 0.15) is 52.7 Å². The molecule has 7 aromatic carbocycles. The van der Waals surface area contributed by atoms with Gasteiger partial charge in [-0.15, -0.1) is 0 Å². The molecule has 250 valence electrons. The highest BCUT2D eigenvalue weighted by atomic mass is 16.3. The number of anilines is 3. The summed E-state index contributed by atoms with van der Waals surface area (Å²) in [5.41, 5.74) is 15.8. The van der Waals surface area contributed by atoms with Gasteiger partial charge in [0.1, 0.15) is 11.2 Å². The Morgan fingerprint density at radius 3 is 1.98 bits per heavy atom. The molecular formula is C48H39BN2O. The molecule has 0 fully saturated rings. The van der Waals surface area contributed by atoms with Crippen LogP contribution in [0, 0.1) is 0 Å². The monoisotopic (exact) mass is 670 g/mol. The van der Waals surface area contributed by atoms with Gasteiger partial charge in [-0.25, -0.2) is 0 Å². The molecule has 0 N–H and O–H groups in total. The SMILES string of the molecule is CC(C)(C)c1cc(N2c3c(ccc4ccccc34)B3c4c(cc5oc6ccccc6c5c42)-c2cccc4c5ccccc5n3c24)cc(C(C)(C)C)c1. The molecule has 52 heavy (non-hydrogen) atoms. The summed E-state index contributed by atoms with van der Waals surface area (Å²) in [4.78, 5) is 2.62. The van der Waals surface area contributed by atoms with Gasteiger partial charge in [0.25, 0.3) is 0 Å². The standard InChI is InChI=1S/C48H39BN2O/c1-47(2,3)29-24-30(48(4,5)6)26-31(25-29)50-45-32-15-8-7-14-28(32)22-23-38(45)49-43-37(27-41-42(46(43)50)36-17-10-12-21-40(36)52-41)35-19-13-18-34-33-16-9-11-20-39(33)51(49)44(34)35/h7-27H,1-6H3. The van der Waals surface area contributed by atoms with E-state index in [1.807, 2.05) is 0 Å². The fourth-order valence-corrected chi connectivity index (χ4v) is 9.29. The summed E-state index contributed by atoms with van der Waals surface area (Å²) in [6.07, 6.45) is 0. The summed E-state index contributed by atoms with van der Waals surface area (Å²) in [5.74, 6) is 0. The highest BCUT2D eigenvalue weighted by molar-refractivity contribution is 6.90. The second-order valence-corrected chi connectivity index (χ2v) is 17.0. The second-order valence-electron chi connectivity index (χ2n) is 17.0. The highest BCUT2D eigenvalue weighted by Crippen LogP contribution is 2.51. The lowest BCUT2D eigenvalue weighted by Crippen LogP contribution is -2.56. The average Bonchev–Trinajstić information content (AvgIpc) is 3.68. The van der Waals surface area contributed by atoms with E-state index >= 15 is 0 Å². The van der Waals surface area contributed by atoms with E-state index in [4.69, 9.17) is 4.42 Å². The van der Waals surface area contributed by atoms with Gasteiger partial charge >= 0.3 is 6.85 Å². The average molecular weight is 671 g/mol. The molecule has 0 atom stereocenters. The van der Waals surface area contributed by atoms with Crippen LogP contribution in [0.15, 0.2) is 132 Å². The molecule has 0 amide bonds. The van der Waals surface area contributed by atoms with Crippen LogP contribution in [0.25, 0.3) is 65.6 Å². The van der Waals surface area contributed by atoms with Gasteiger partial charge in [0.2, 0.25) is 0 Å². The smallest absolute Gasteiger partial charge is 0.333 e. The third kappa shape index (κ3) is 3.87. The summed E-state index contributed by atoms with van der Waals surface area (Å²) < 4.78 is 9.50. The third-order valence-electron chi connectivity index (χ3n) is 11.8. The van der Waals surface area contributed by atoms with Gasteiger partial charge in [0.05, 0.1) is 16.8 Å². The van der Waals surface area contributed by atoms with Crippen molar-refractivity contribution in [3.8, 4) is 11.1 Å². The van der Waals surface area contributed by atoms with Crippen molar-refractivity contribution in [3.05, 3.63) is 139 Å². The van der Waals surface area contributed by atoms with Gasteiger partial charge in [-0.2, -0.15) is 0 Å². The quantitative estimate of drug-likeness (QED) is 0.162. The molecule has 11 rings (SSSR count). The Bertz CT molecular complexity index is 2970. The number of benzene rings is 7. The molecular weight excluding hydrogens is 631 g/mol. The number of fused-ring (bicyclic) bond motifs is 13. The number of hydrogen-bond donors (Lipinski definition) is 0. The van der Waals surface area contributed by atoms with Crippen molar-refractivity contribution < 1.29 is 4.42 Å². The Kier molecular flexibility index (Phi) is 5.75. The van der Waals surface area contributed by atoms with E-state index < -0.39 is 0 Å². The first-order valence-electron chi connectivity index (χ1n) is 18.6. The zero-order valence-electron chi connectivity index (χ0n) is 30.5. The topological polar surface area (TPSA) is 21.3 Å². The largest absolute Gasteiger partial charge is 0.456 e. The molecule has 0 radical (unpaired) electrons. The number of furan rings is 1. The number of rotatable bonds is 1. The van der Waals surface area contributed by atoms with Crippen LogP contribution >= 0.6 is 0 Å². The molecule has 0 spiro atoms. The zero-order chi connectivity index (χ0) is 35.3. The van der Waals surface area contributed by atoms with E-state index in [1.54, 1.807) is 0 Å². The van der Waals surface area contributed by atoms with Crippen LogP contribution in [-0.4, -0.2) is 11.3 Å². The van der Waals surface area contributed by atoms with Crippen LogP contribution in [0.5, 0.6) is 0 Å². The summed E-state index contributed by atoms with van der Waals surface area (Å²) in [5, 5.41) is 7.39. The van der Waals surface area contributed by atoms with E-state index in [-0.39, 0.29) is 17.7 Å². The van der Waals surface area contributed by atoms with Crippen LogP contribution in [-0.2, 0) is 10.8 Å². The maximum absolute atomic E-state index is 6.85. The molecule has 3 nitrogen and oxygen atoms in total. The summed E-state index contributed by atoms with van der Waals surface area (Å²) in [6, 6.07) is 47.7. The number of para-hydroxylation sites is 3. The predicted molar refractivity (Wildman–Crippen MR) is 222 cm³/mol. The lowest BCUT2D eigenvalue weighted by atomic mass is 9.44. The third-order valence-corrected chi connectivity index (χ3v) is 11.8. The Morgan fingerprint density at radius 1 is 0.538 bits per heavy atom. The van der Waals surface area contributed by atoms with Gasteiger partial charge in [-0.3, -0.25) is 0 Å².